The van der Waals surface area contributed by atoms with Crippen molar-refractivity contribution in [2.75, 3.05) is 13.1 Å². The molecule has 0 saturated carbocycles. The summed E-state index contributed by atoms with van der Waals surface area (Å²) >= 11 is 1.61. The van der Waals surface area contributed by atoms with Crippen LogP contribution in [0.4, 0.5) is 0 Å². The summed E-state index contributed by atoms with van der Waals surface area (Å²) in [5.41, 5.74) is 5.57. The molecule has 0 aliphatic heterocycles. The van der Waals surface area contributed by atoms with Crippen LogP contribution in [0.25, 0.3) is 0 Å². The minimum Gasteiger partial charge on any atom is -0.355 e. The Bertz CT molecular complexity index is 311. The number of hydrogen-bond donors (Lipinski definition) is 2. The monoisotopic (exact) mass is 241 g/mol. The van der Waals surface area contributed by atoms with Crippen LogP contribution < -0.4 is 11.1 Å². The van der Waals surface area contributed by atoms with E-state index in [1.165, 1.54) is 0 Å². The Kier molecular flexibility index (Phi) is 5.42. The second-order valence-corrected chi connectivity index (χ2v) is 5.03. The molecule has 0 bridgehead atoms. The third-order valence-corrected chi connectivity index (χ3v) is 3.36. The molecule has 1 aromatic heterocycles. The van der Waals surface area contributed by atoms with Gasteiger partial charge < -0.3 is 11.1 Å². The average Bonchev–Trinajstić information content (AvgIpc) is 2.71. The molecule has 1 atom stereocenters. The van der Waals surface area contributed by atoms with Crippen LogP contribution in [0.1, 0.15) is 18.9 Å². The predicted molar refractivity (Wildman–Crippen MR) is 66.2 cm³/mol. The van der Waals surface area contributed by atoms with E-state index >= 15 is 0 Å². The molecule has 16 heavy (non-hydrogen) atoms. The van der Waals surface area contributed by atoms with Gasteiger partial charge in [0.25, 0.3) is 0 Å². The molecule has 1 rings (SSSR count). The van der Waals surface area contributed by atoms with Gasteiger partial charge in [0, 0.05) is 31.1 Å². The highest BCUT2D eigenvalue weighted by molar-refractivity contribution is 7.09. The van der Waals surface area contributed by atoms with Gasteiger partial charge in [-0.2, -0.15) is 0 Å². The smallest absolute Gasteiger partial charge is 0.224 e. The van der Waals surface area contributed by atoms with E-state index in [1.807, 2.05) is 19.2 Å². The van der Waals surface area contributed by atoms with E-state index in [-0.39, 0.29) is 17.7 Å². The Morgan fingerprint density at radius 2 is 2.38 bits per heavy atom. The molecule has 1 aromatic rings. The van der Waals surface area contributed by atoms with Gasteiger partial charge in [-0.05, 0) is 5.92 Å². The molecule has 0 fully saturated rings. The van der Waals surface area contributed by atoms with Crippen LogP contribution in [0.5, 0.6) is 0 Å². The number of aromatic nitrogens is 1. The minimum absolute atomic E-state index is 0.0501. The third-order valence-electron chi connectivity index (χ3n) is 2.52. The van der Waals surface area contributed by atoms with Gasteiger partial charge in [-0.3, -0.25) is 4.79 Å². The molecule has 4 nitrogen and oxygen atoms in total. The molecule has 1 heterocycles. The van der Waals surface area contributed by atoms with E-state index in [0.717, 1.165) is 11.4 Å². The number of rotatable bonds is 6. The standard InChI is InChI=1S/C11H19N3OS/c1-8(2)9(7-12)11(15)14-4-3-10-13-5-6-16-10/h5-6,8-9H,3-4,7,12H2,1-2H3,(H,14,15). The van der Waals surface area contributed by atoms with Crippen molar-refractivity contribution in [1.82, 2.24) is 10.3 Å². The second kappa shape index (κ2) is 6.60. The lowest BCUT2D eigenvalue weighted by Crippen LogP contribution is -2.38. The van der Waals surface area contributed by atoms with Crippen molar-refractivity contribution in [1.29, 1.82) is 0 Å². The third kappa shape index (κ3) is 3.90. The van der Waals surface area contributed by atoms with Crippen molar-refractivity contribution in [2.24, 2.45) is 17.6 Å². The minimum atomic E-state index is -0.0868. The molecular formula is C11H19N3OS. The van der Waals surface area contributed by atoms with E-state index in [9.17, 15) is 4.79 Å². The lowest BCUT2D eigenvalue weighted by atomic mass is 9.95. The Balaban J connectivity index is 2.29. The highest BCUT2D eigenvalue weighted by Gasteiger charge is 2.19. The first-order valence-corrected chi connectivity index (χ1v) is 6.39. The summed E-state index contributed by atoms with van der Waals surface area (Å²) in [7, 11) is 0. The first-order chi connectivity index (χ1) is 7.65. The fourth-order valence-corrected chi connectivity index (χ4v) is 2.10. The van der Waals surface area contributed by atoms with E-state index < -0.39 is 0 Å². The van der Waals surface area contributed by atoms with Gasteiger partial charge in [-0.1, -0.05) is 13.8 Å². The zero-order valence-electron chi connectivity index (χ0n) is 9.77. The fourth-order valence-electron chi connectivity index (χ4n) is 1.48. The van der Waals surface area contributed by atoms with Crippen LogP contribution in [0.15, 0.2) is 11.6 Å². The summed E-state index contributed by atoms with van der Waals surface area (Å²) in [5.74, 6) is 0.246. The Morgan fingerprint density at radius 1 is 1.62 bits per heavy atom. The lowest BCUT2D eigenvalue weighted by Gasteiger charge is -2.17. The number of amides is 1. The number of carbonyl (C=O) groups is 1. The average molecular weight is 241 g/mol. The maximum atomic E-state index is 11.7. The van der Waals surface area contributed by atoms with Crippen LogP contribution in [0, 0.1) is 11.8 Å². The number of thiazole rings is 1. The molecule has 1 amide bonds. The van der Waals surface area contributed by atoms with E-state index in [0.29, 0.717) is 13.1 Å². The van der Waals surface area contributed by atoms with Gasteiger partial charge in [0.05, 0.1) is 10.9 Å². The van der Waals surface area contributed by atoms with E-state index in [4.69, 9.17) is 5.73 Å². The highest BCUT2D eigenvalue weighted by Crippen LogP contribution is 2.09. The summed E-state index contributed by atoms with van der Waals surface area (Å²) in [6.45, 7) is 5.06. The van der Waals surface area contributed by atoms with E-state index in [1.54, 1.807) is 17.5 Å². The maximum absolute atomic E-state index is 11.7. The molecule has 0 radical (unpaired) electrons. The first kappa shape index (κ1) is 13.1. The van der Waals surface area contributed by atoms with Crippen molar-refractivity contribution >= 4 is 17.2 Å². The molecule has 90 valence electrons. The van der Waals surface area contributed by atoms with Crippen LogP contribution in [0.2, 0.25) is 0 Å². The summed E-state index contributed by atoms with van der Waals surface area (Å²) in [6, 6.07) is 0. The molecule has 0 aromatic carbocycles. The van der Waals surface area contributed by atoms with Crippen molar-refractivity contribution in [3.8, 4) is 0 Å². The normalized spacial score (nSPS) is 12.8. The zero-order valence-corrected chi connectivity index (χ0v) is 10.6. The molecule has 0 aliphatic carbocycles. The summed E-state index contributed by atoms with van der Waals surface area (Å²) in [6.07, 6.45) is 2.57. The van der Waals surface area contributed by atoms with Crippen molar-refractivity contribution in [3.63, 3.8) is 0 Å². The number of nitrogens with one attached hydrogen (secondary N) is 1. The SMILES string of the molecule is CC(C)C(CN)C(=O)NCCc1nccs1. The predicted octanol–water partition coefficient (Wildman–Crippen LogP) is 1.03. The molecule has 1 unspecified atom stereocenters. The Morgan fingerprint density at radius 3 is 2.88 bits per heavy atom. The number of hydrogen-bond acceptors (Lipinski definition) is 4. The largest absolute Gasteiger partial charge is 0.355 e. The molecule has 0 saturated heterocycles. The van der Waals surface area contributed by atoms with E-state index in [2.05, 4.69) is 10.3 Å². The van der Waals surface area contributed by atoms with Gasteiger partial charge >= 0.3 is 0 Å². The first-order valence-electron chi connectivity index (χ1n) is 5.51. The van der Waals surface area contributed by atoms with Crippen LogP contribution in [-0.2, 0) is 11.2 Å². The number of carbonyl (C=O) groups excluding carboxylic acids is 1. The highest BCUT2D eigenvalue weighted by atomic mass is 32.1. The number of nitrogens with two attached hydrogens (primary N) is 1. The van der Waals surface area contributed by atoms with Gasteiger partial charge in [0.1, 0.15) is 0 Å². The maximum Gasteiger partial charge on any atom is 0.224 e. The molecule has 0 spiro atoms. The molecule has 5 heteroatoms. The topological polar surface area (TPSA) is 68.0 Å². The Labute approximate surface area is 100 Å². The summed E-state index contributed by atoms with van der Waals surface area (Å²) in [5, 5.41) is 5.89. The van der Waals surface area contributed by atoms with Gasteiger partial charge in [-0.15, -0.1) is 11.3 Å². The van der Waals surface area contributed by atoms with Crippen molar-refractivity contribution < 1.29 is 4.79 Å². The second-order valence-electron chi connectivity index (χ2n) is 4.05. The molecule has 0 aliphatic rings. The summed E-state index contributed by atoms with van der Waals surface area (Å²) < 4.78 is 0. The van der Waals surface area contributed by atoms with Crippen molar-refractivity contribution in [2.45, 2.75) is 20.3 Å². The van der Waals surface area contributed by atoms with Crippen LogP contribution >= 0.6 is 11.3 Å². The quantitative estimate of drug-likeness (QED) is 0.781. The lowest BCUT2D eigenvalue weighted by molar-refractivity contribution is -0.125. The molecule has 3 N–H and O–H groups in total. The zero-order chi connectivity index (χ0) is 12.0. The Hall–Kier alpha value is -0.940. The van der Waals surface area contributed by atoms with Gasteiger partial charge in [-0.25, -0.2) is 4.98 Å². The fraction of sp³-hybridized carbons (Fsp3) is 0.636. The van der Waals surface area contributed by atoms with Gasteiger partial charge in [0.15, 0.2) is 0 Å². The van der Waals surface area contributed by atoms with Gasteiger partial charge in [0.2, 0.25) is 5.91 Å². The molecular weight excluding hydrogens is 222 g/mol. The van der Waals surface area contributed by atoms with Crippen molar-refractivity contribution in [3.05, 3.63) is 16.6 Å². The van der Waals surface area contributed by atoms with Crippen LogP contribution in [-0.4, -0.2) is 24.0 Å². The number of nitrogens with zero attached hydrogens (tertiary/aromatic N) is 1. The van der Waals surface area contributed by atoms with Crippen LogP contribution in [0.3, 0.4) is 0 Å². The summed E-state index contributed by atoms with van der Waals surface area (Å²) in [4.78, 5) is 15.9.